The average Bonchev–Trinajstić information content (AvgIpc) is 2.26. The van der Waals surface area contributed by atoms with Crippen LogP contribution >= 0.6 is 0 Å². The van der Waals surface area contributed by atoms with Crippen molar-refractivity contribution < 1.29 is 12.8 Å². The summed E-state index contributed by atoms with van der Waals surface area (Å²) < 4.78 is 39.2. The van der Waals surface area contributed by atoms with Crippen molar-refractivity contribution in [3.63, 3.8) is 0 Å². The van der Waals surface area contributed by atoms with E-state index in [4.69, 9.17) is 11.1 Å². The fourth-order valence-corrected chi connectivity index (χ4v) is 2.66. The Morgan fingerprint density at radius 3 is 2.59 bits per heavy atom. The molecule has 5 nitrogen and oxygen atoms in total. The zero-order valence-electron chi connectivity index (χ0n) is 9.27. The number of amidine groups is 1. The molecule has 0 saturated carbocycles. The topological polar surface area (TPSA) is 96.0 Å². The van der Waals surface area contributed by atoms with Crippen molar-refractivity contribution in [2.75, 3.05) is 0 Å². The molecule has 0 bridgehead atoms. The summed E-state index contributed by atoms with van der Waals surface area (Å²) in [6.07, 6.45) is 0.322. The molecule has 0 aliphatic heterocycles. The fraction of sp³-hybridized carbons (Fsp3) is 0.300. The first kappa shape index (κ1) is 13.6. The second-order valence-corrected chi connectivity index (χ2v) is 5.15. The first-order valence-electron chi connectivity index (χ1n) is 4.99. The summed E-state index contributed by atoms with van der Waals surface area (Å²) in [5.74, 6) is -1.13. The molecule has 1 aromatic carbocycles. The molecule has 0 spiro atoms. The molecule has 1 rings (SSSR count). The summed E-state index contributed by atoms with van der Waals surface area (Å²) in [6.45, 7) is 1.68. The highest BCUT2D eigenvalue weighted by Crippen LogP contribution is 2.13. The minimum absolute atomic E-state index is 0.299. The van der Waals surface area contributed by atoms with Gasteiger partial charge in [0.05, 0.1) is 6.04 Å². The number of hydrogen-bond acceptors (Lipinski definition) is 3. The first-order chi connectivity index (χ1) is 7.88. The average molecular weight is 259 g/mol. The van der Waals surface area contributed by atoms with Crippen LogP contribution in [0.3, 0.4) is 0 Å². The van der Waals surface area contributed by atoms with Gasteiger partial charge >= 0.3 is 0 Å². The Morgan fingerprint density at radius 1 is 1.53 bits per heavy atom. The molecular formula is C10H14FN3O2S. The van der Waals surface area contributed by atoms with E-state index in [-0.39, 0.29) is 5.84 Å². The smallest absolute Gasteiger partial charge is 0.244 e. The second-order valence-electron chi connectivity index (χ2n) is 3.47. The van der Waals surface area contributed by atoms with Crippen molar-refractivity contribution >= 4 is 15.9 Å². The number of benzene rings is 1. The lowest BCUT2D eigenvalue weighted by Crippen LogP contribution is -2.43. The first-order valence-corrected chi connectivity index (χ1v) is 6.47. The standard InChI is InChI=1S/C10H14FN3O2S/c1-2-8(10(12)13)14-17(15,16)9-6-4-3-5-7(9)11/h3-6,8,14H,2H2,1H3,(H3,12,13). The number of halogens is 1. The maximum atomic E-state index is 13.3. The van der Waals surface area contributed by atoms with Gasteiger partial charge in [-0.2, -0.15) is 0 Å². The molecule has 1 unspecified atom stereocenters. The van der Waals surface area contributed by atoms with Crippen molar-refractivity contribution in [1.29, 1.82) is 5.41 Å². The van der Waals surface area contributed by atoms with Crippen LogP contribution in [0.4, 0.5) is 4.39 Å². The number of rotatable bonds is 5. The zero-order chi connectivity index (χ0) is 13.1. The number of sulfonamides is 1. The predicted molar refractivity (Wildman–Crippen MR) is 62.7 cm³/mol. The van der Waals surface area contributed by atoms with Crippen molar-refractivity contribution in [3.8, 4) is 0 Å². The normalized spacial score (nSPS) is 13.3. The quantitative estimate of drug-likeness (QED) is 0.539. The predicted octanol–water partition coefficient (Wildman–Crippen LogP) is 0.819. The van der Waals surface area contributed by atoms with E-state index in [9.17, 15) is 12.8 Å². The van der Waals surface area contributed by atoms with Gasteiger partial charge in [-0.3, -0.25) is 5.41 Å². The third-order valence-corrected chi connectivity index (χ3v) is 3.71. The van der Waals surface area contributed by atoms with Gasteiger partial charge in [0.15, 0.2) is 0 Å². The van der Waals surface area contributed by atoms with Crippen molar-refractivity contribution in [1.82, 2.24) is 4.72 Å². The van der Waals surface area contributed by atoms with Crippen LogP contribution in [0, 0.1) is 11.2 Å². The van der Waals surface area contributed by atoms with E-state index in [1.165, 1.54) is 12.1 Å². The summed E-state index contributed by atoms with van der Waals surface area (Å²) in [4.78, 5) is -0.445. The lowest BCUT2D eigenvalue weighted by atomic mass is 10.2. The van der Waals surface area contributed by atoms with Gasteiger partial charge in [-0.05, 0) is 18.6 Å². The van der Waals surface area contributed by atoms with Crippen LogP contribution in [0.1, 0.15) is 13.3 Å². The van der Waals surface area contributed by atoms with Crippen LogP contribution in [-0.4, -0.2) is 20.3 Å². The number of nitrogens with one attached hydrogen (secondary N) is 2. The Hall–Kier alpha value is -1.47. The third kappa shape index (κ3) is 3.24. The van der Waals surface area contributed by atoms with Crippen LogP contribution in [0.5, 0.6) is 0 Å². The molecule has 0 amide bonds. The molecule has 0 aliphatic carbocycles. The van der Waals surface area contributed by atoms with Gasteiger partial charge in [-0.25, -0.2) is 17.5 Å². The number of hydrogen-bond donors (Lipinski definition) is 3. The van der Waals surface area contributed by atoms with E-state index in [1.807, 2.05) is 0 Å². The van der Waals surface area contributed by atoms with Crippen LogP contribution in [0.2, 0.25) is 0 Å². The van der Waals surface area contributed by atoms with Gasteiger partial charge in [-0.1, -0.05) is 19.1 Å². The Kier molecular flexibility index (Phi) is 4.19. The van der Waals surface area contributed by atoms with Crippen molar-refractivity contribution in [2.24, 2.45) is 5.73 Å². The molecule has 0 fully saturated rings. The van der Waals surface area contributed by atoms with E-state index < -0.39 is 26.8 Å². The van der Waals surface area contributed by atoms with E-state index in [2.05, 4.69) is 4.72 Å². The van der Waals surface area contributed by atoms with Crippen molar-refractivity contribution in [3.05, 3.63) is 30.1 Å². The van der Waals surface area contributed by atoms with Gasteiger partial charge < -0.3 is 5.73 Å². The van der Waals surface area contributed by atoms with Crippen LogP contribution < -0.4 is 10.5 Å². The molecule has 1 aromatic rings. The van der Waals surface area contributed by atoms with Gasteiger partial charge in [-0.15, -0.1) is 0 Å². The molecule has 17 heavy (non-hydrogen) atoms. The molecule has 7 heteroatoms. The Morgan fingerprint density at radius 2 is 2.12 bits per heavy atom. The van der Waals surface area contributed by atoms with E-state index >= 15 is 0 Å². The van der Waals surface area contributed by atoms with Crippen molar-refractivity contribution in [2.45, 2.75) is 24.3 Å². The van der Waals surface area contributed by atoms with E-state index in [0.717, 1.165) is 12.1 Å². The number of nitrogens with two attached hydrogens (primary N) is 1. The van der Waals surface area contributed by atoms with E-state index in [1.54, 1.807) is 6.92 Å². The second kappa shape index (κ2) is 5.24. The lowest BCUT2D eigenvalue weighted by Gasteiger charge is -2.15. The summed E-state index contributed by atoms with van der Waals surface area (Å²) in [5.41, 5.74) is 5.23. The Balaban J connectivity index is 3.05. The van der Waals surface area contributed by atoms with Crippen LogP contribution in [0.25, 0.3) is 0 Å². The molecule has 0 saturated heterocycles. The van der Waals surface area contributed by atoms with Gasteiger partial charge in [0.25, 0.3) is 0 Å². The van der Waals surface area contributed by atoms with Crippen LogP contribution in [-0.2, 0) is 10.0 Å². The minimum atomic E-state index is -3.99. The maximum Gasteiger partial charge on any atom is 0.244 e. The Bertz CT molecular complexity index is 516. The molecule has 0 aromatic heterocycles. The summed E-state index contributed by atoms with van der Waals surface area (Å²) in [7, 11) is -3.99. The largest absolute Gasteiger partial charge is 0.386 e. The molecule has 0 heterocycles. The van der Waals surface area contributed by atoms with Crippen LogP contribution in [0.15, 0.2) is 29.2 Å². The van der Waals surface area contributed by atoms with Gasteiger partial charge in [0, 0.05) is 0 Å². The maximum absolute atomic E-state index is 13.3. The molecular weight excluding hydrogens is 245 g/mol. The Labute approximate surface area is 99.4 Å². The van der Waals surface area contributed by atoms with Gasteiger partial charge in [0.2, 0.25) is 10.0 Å². The summed E-state index contributed by atoms with van der Waals surface area (Å²) in [5, 5.41) is 7.20. The molecule has 0 radical (unpaired) electrons. The highest BCUT2D eigenvalue weighted by molar-refractivity contribution is 7.89. The van der Waals surface area contributed by atoms with E-state index in [0.29, 0.717) is 6.42 Å². The summed E-state index contributed by atoms with van der Waals surface area (Å²) in [6, 6.07) is 4.22. The SMILES string of the molecule is CCC(NS(=O)(=O)c1ccccc1F)C(=N)N. The molecule has 4 N–H and O–H groups in total. The summed E-state index contributed by atoms with van der Waals surface area (Å²) >= 11 is 0. The monoisotopic (exact) mass is 259 g/mol. The zero-order valence-corrected chi connectivity index (χ0v) is 10.1. The van der Waals surface area contributed by atoms with Gasteiger partial charge in [0.1, 0.15) is 16.5 Å². The molecule has 0 aliphatic rings. The molecule has 94 valence electrons. The lowest BCUT2D eigenvalue weighted by molar-refractivity contribution is 0.550. The highest BCUT2D eigenvalue weighted by atomic mass is 32.2. The molecule has 1 atom stereocenters. The fourth-order valence-electron chi connectivity index (χ4n) is 1.28. The highest BCUT2D eigenvalue weighted by Gasteiger charge is 2.23. The minimum Gasteiger partial charge on any atom is -0.386 e. The third-order valence-electron chi connectivity index (χ3n) is 2.21.